The van der Waals surface area contributed by atoms with Gasteiger partial charge in [-0.05, 0) is 6.42 Å². The summed E-state index contributed by atoms with van der Waals surface area (Å²) in [5.41, 5.74) is 0. The van der Waals surface area contributed by atoms with Crippen LogP contribution in [0.25, 0.3) is 0 Å². The summed E-state index contributed by atoms with van der Waals surface area (Å²) < 4.78 is 0. The molecule has 0 aromatic heterocycles. The Morgan fingerprint density at radius 3 is 2.65 bits per heavy atom. The standard InChI is InChI=1S/C12H18N2O5S/c1-8(5-12(18)19)20-7-10(16)13-9(15)6-14-4-2-3-11(14)17/h8H,2-7H2,1H3,(H,18,19)(H,13,15,16). The average Bonchev–Trinajstić information content (AvgIpc) is 2.71. The maximum Gasteiger partial charge on any atom is 0.304 e. The smallest absolute Gasteiger partial charge is 0.304 e. The van der Waals surface area contributed by atoms with E-state index in [4.69, 9.17) is 5.11 Å². The maximum atomic E-state index is 11.5. The second-order valence-electron chi connectivity index (χ2n) is 4.61. The van der Waals surface area contributed by atoms with E-state index in [1.165, 1.54) is 16.7 Å². The van der Waals surface area contributed by atoms with Crippen molar-refractivity contribution in [2.24, 2.45) is 0 Å². The van der Waals surface area contributed by atoms with Crippen molar-refractivity contribution in [3.05, 3.63) is 0 Å². The van der Waals surface area contributed by atoms with Gasteiger partial charge in [-0.25, -0.2) is 0 Å². The number of amides is 3. The van der Waals surface area contributed by atoms with E-state index < -0.39 is 17.8 Å². The molecule has 20 heavy (non-hydrogen) atoms. The Morgan fingerprint density at radius 2 is 2.10 bits per heavy atom. The molecule has 112 valence electrons. The molecular weight excluding hydrogens is 284 g/mol. The van der Waals surface area contributed by atoms with Gasteiger partial charge in [0.1, 0.15) is 0 Å². The molecule has 0 spiro atoms. The lowest BCUT2D eigenvalue weighted by atomic mass is 10.3. The predicted octanol–water partition coefficient (Wildman–Crippen LogP) is -0.152. The molecule has 0 saturated carbocycles. The summed E-state index contributed by atoms with van der Waals surface area (Å²) in [5.74, 6) is -1.94. The Hall–Kier alpha value is -1.57. The minimum atomic E-state index is -0.922. The van der Waals surface area contributed by atoms with Crippen molar-refractivity contribution in [3.63, 3.8) is 0 Å². The number of carbonyl (C=O) groups is 4. The van der Waals surface area contributed by atoms with Crippen LogP contribution < -0.4 is 5.32 Å². The number of imide groups is 1. The van der Waals surface area contributed by atoms with E-state index >= 15 is 0 Å². The van der Waals surface area contributed by atoms with Crippen molar-refractivity contribution in [3.8, 4) is 0 Å². The topological polar surface area (TPSA) is 104 Å². The molecular formula is C12H18N2O5S. The highest BCUT2D eigenvalue weighted by atomic mass is 32.2. The number of nitrogens with one attached hydrogen (secondary N) is 1. The van der Waals surface area contributed by atoms with Crippen LogP contribution >= 0.6 is 11.8 Å². The third-order valence-electron chi connectivity index (χ3n) is 2.75. The number of likely N-dealkylation sites (tertiary alicyclic amines) is 1. The van der Waals surface area contributed by atoms with Crippen molar-refractivity contribution < 1.29 is 24.3 Å². The van der Waals surface area contributed by atoms with Crippen LogP contribution in [0, 0.1) is 0 Å². The number of aliphatic carboxylic acids is 1. The molecule has 1 aliphatic rings. The molecule has 0 bridgehead atoms. The van der Waals surface area contributed by atoms with Crippen molar-refractivity contribution in [2.45, 2.75) is 31.4 Å². The molecule has 1 rings (SSSR count). The Kier molecular flexibility index (Phi) is 6.50. The van der Waals surface area contributed by atoms with E-state index in [9.17, 15) is 19.2 Å². The van der Waals surface area contributed by atoms with Crippen LogP contribution in [0.3, 0.4) is 0 Å². The number of carboxylic acids is 1. The number of rotatable bonds is 7. The molecule has 1 fully saturated rings. The molecule has 0 aliphatic carbocycles. The first-order valence-electron chi connectivity index (χ1n) is 6.32. The fraction of sp³-hybridized carbons (Fsp3) is 0.667. The fourth-order valence-electron chi connectivity index (χ4n) is 1.80. The van der Waals surface area contributed by atoms with Gasteiger partial charge in [0.25, 0.3) is 0 Å². The fourth-order valence-corrected chi connectivity index (χ4v) is 2.57. The van der Waals surface area contributed by atoms with Gasteiger partial charge in [0.2, 0.25) is 17.7 Å². The van der Waals surface area contributed by atoms with E-state index in [1.807, 2.05) is 0 Å². The van der Waals surface area contributed by atoms with Crippen LogP contribution in [0.4, 0.5) is 0 Å². The minimum Gasteiger partial charge on any atom is -0.481 e. The number of thioether (sulfide) groups is 1. The highest BCUT2D eigenvalue weighted by molar-refractivity contribution is 8.00. The van der Waals surface area contributed by atoms with Crippen molar-refractivity contribution in [1.29, 1.82) is 0 Å². The average molecular weight is 302 g/mol. The van der Waals surface area contributed by atoms with Gasteiger partial charge in [-0.3, -0.25) is 24.5 Å². The summed E-state index contributed by atoms with van der Waals surface area (Å²) >= 11 is 1.17. The van der Waals surface area contributed by atoms with Crippen molar-refractivity contribution in [1.82, 2.24) is 10.2 Å². The maximum absolute atomic E-state index is 11.5. The van der Waals surface area contributed by atoms with Gasteiger partial charge in [-0.2, -0.15) is 0 Å². The van der Waals surface area contributed by atoms with Crippen LogP contribution in [0.15, 0.2) is 0 Å². The molecule has 1 saturated heterocycles. The quantitative estimate of drug-likeness (QED) is 0.678. The monoisotopic (exact) mass is 302 g/mol. The lowest BCUT2D eigenvalue weighted by Crippen LogP contribution is -2.41. The first kappa shape index (κ1) is 16.5. The molecule has 2 N–H and O–H groups in total. The molecule has 1 heterocycles. The molecule has 8 heteroatoms. The summed E-state index contributed by atoms with van der Waals surface area (Å²) in [5, 5.41) is 10.6. The van der Waals surface area contributed by atoms with Crippen LogP contribution in [0.1, 0.15) is 26.2 Å². The zero-order chi connectivity index (χ0) is 15.1. The molecule has 3 amide bonds. The minimum absolute atomic E-state index is 0.0220. The molecule has 0 aromatic carbocycles. The molecule has 1 unspecified atom stereocenters. The Morgan fingerprint density at radius 1 is 1.40 bits per heavy atom. The number of nitrogens with zero attached hydrogens (tertiary/aromatic N) is 1. The van der Waals surface area contributed by atoms with E-state index in [1.54, 1.807) is 6.92 Å². The third-order valence-corrected chi connectivity index (χ3v) is 3.91. The van der Waals surface area contributed by atoms with Gasteiger partial charge < -0.3 is 10.0 Å². The van der Waals surface area contributed by atoms with Crippen molar-refractivity contribution >= 4 is 35.5 Å². The van der Waals surface area contributed by atoms with E-state index in [0.717, 1.165) is 6.42 Å². The van der Waals surface area contributed by atoms with Crippen LogP contribution in [-0.2, 0) is 19.2 Å². The lowest BCUT2D eigenvalue weighted by Gasteiger charge is -2.14. The Labute approximate surface area is 121 Å². The number of hydrogen-bond donors (Lipinski definition) is 2. The molecule has 1 atom stereocenters. The summed E-state index contributed by atoms with van der Waals surface area (Å²) in [7, 11) is 0. The second-order valence-corrected chi connectivity index (χ2v) is 6.04. The van der Waals surface area contributed by atoms with E-state index in [0.29, 0.717) is 13.0 Å². The predicted molar refractivity (Wildman–Crippen MR) is 73.1 cm³/mol. The SMILES string of the molecule is CC(CC(=O)O)SCC(=O)NC(=O)CN1CCCC1=O. The molecule has 0 radical (unpaired) electrons. The van der Waals surface area contributed by atoms with Crippen LogP contribution in [0.5, 0.6) is 0 Å². The third kappa shape index (κ3) is 6.05. The van der Waals surface area contributed by atoms with Crippen molar-refractivity contribution in [2.75, 3.05) is 18.8 Å². The number of hydrogen-bond acceptors (Lipinski definition) is 5. The first-order valence-corrected chi connectivity index (χ1v) is 7.37. The number of carbonyl (C=O) groups excluding carboxylic acids is 3. The summed E-state index contributed by atoms with van der Waals surface area (Å²) in [4.78, 5) is 46.2. The van der Waals surface area contributed by atoms with E-state index in [-0.39, 0.29) is 29.9 Å². The van der Waals surface area contributed by atoms with Gasteiger partial charge >= 0.3 is 5.97 Å². The van der Waals surface area contributed by atoms with Crippen LogP contribution in [-0.4, -0.2) is 57.8 Å². The molecule has 0 aromatic rings. The number of carboxylic acid groups (broad SMARTS) is 1. The largest absolute Gasteiger partial charge is 0.481 e. The van der Waals surface area contributed by atoms with Gasteiger partial charge in [0, 0.05) is 18.2 Å². The van der Waals surface area contributed by atoms with Gasteiger partial charge in [0.05, 0.1) is 18.7 Å². The normalized spacial score (nSPS) is 16.1. The molecule has 7 nitrogen and oxygen atoms in total. The highest BCUT2D eigenvalue weighted by Crippen LogP contribution is 2.13. The lowest BCUT2D eigenvalue weighted by molar-refractivity contribution is -0.137. The zero-order valence-corrected chi connectivity index (χ0v) is 12.1. The first-order chi connectivity index (χ1) is 9.38. The Balaban J connectivity index is 2.22. The summed E-state index contributed by atoms with van der Waals surface area (Å²) in [6.07, 6.45) is 1.15. The van der Waals surface area contributed by atoms with E-state index in [2.05, 4.69) is 5.32 Å². The van der Waals surface area contributed by atoms with Crippen LogP contribution in [0.2, 0.25) is 0 Å². The van der Waals surface area contributed by atoms with Gasteiger partial charge in [-0.15, -0.1) is 11.8 Å². The zero-order valence-electron chi connectivity index (χ0n) is 11.3. The summed E-state index contributed by atoms with van der Waals surface area (Å²) in [6, 6.07) is 0. The highest BCUT2D eigenvalue weighted by Gasteiger charge is 2.23. The van der Waals surface area contributed by atoms with Gasteiger partial charge in [-0.1, -0.05) is 6.92 Å². The summed E-state index contributed by atoms with van der Waals surface area (Å²) in [6.45, 7) is 2.15. The Bertz CT molecular complexity index is 413. The van der Waals surface area contributed by atoms with Gasteiger partial charge in [0.15, 0.2) is 0 Å². The second kappa shape index (κ2) is 7.88. The molecule has 1 aliphatic heterocycles.